The molecule has 0 aliphatic carbocycles. The van der Waals surface area contributed by atoms with E-state index in [9.17, 15) is 12.8 Å². The van der Waals surface area contributed by atoms with Gasteiger partial charge in [-0.2, -0.15) is 0 Å². The Kier molecular flexibility index (Phi) is 7.18. The van der Waals surface area contributed by atoms with E-state index in [1.54, 1.807) is 7.05 Å². The maximum absolute atomic E-state index is 13.4. The van der Waals surface area contributed by atoms with Crippen LogP contribution in [0.5, 0.6) is 0 Å². The Bertz CT molecular complexity index is 470. The van der Waals surface area contributed by atoms with Gasteiger partial charge in [0.2, 0.25) is 10.0 Å². The number of hydrogen-bond donors (Lipinski definition) is 2. The Morgan fingerprint density at radius 1 is 1.35 bits per heavy atom. The molecule has 0 bridgehead atoms. The molecule has 0 amide bonds. The first kappa shape index (κ1) is 16.8. The van der Waals surface area contributed by atoms with Gasteiger partial charge in [0.1, 0.15) is 10.7 Å². The van der Waals surface area contributed by atoms with Gasteiger partial charge in [-0.25, -0.2) is 17.5 Å². The molecule has 17 heavy (non-hydrogen) atoms. The Labute approximate surface area is 115 Å². The molecule has 98 valence electrons. The number of hydrogen-bond acceptors (Lipinski definition) is 3. The van der Waals surface area contributed by atoms with Crippen molar-refractivity contribution in [3.8, 4) is 0 Å². The predicted molar refractivity (Wildman–Crippen MR) is 70.5 cm³/mol. The number of rotatable bonds is 5. The van der Waals surface area contributed by atoms with Crippen LogP contribution in [0.3, 0.4) is 0 Å². The molecular formula is C9H13BrClFN2O2S. The maximum atomic E-state index is 13.4. The van der Waals surface area contributed by atoms with E-state index < -0.39 is 15.8 Å². The van der Waals surface area contributed by atoms with E-state index in [1.165, 1.54) is 12.1 Å². The van der Waals surface area contributed by atoms with Crippen molar-refractivity contribution in [3.05, 3.63) is 28.5 Å². The van der Waals surface area contributed by atoms with Crippen LogP contribution in [0, 0.1) is 5.82 Å². The van der Waals surface area contributed by atoms with Crippen LogP contribution < -0.4 is 10.0 Å². The average molecular weight is 348 g/mol. The van der Waals surface area contributed by atoms with Crippen LogP contribution in [0.2, 0.25) is 0 Å². The van der Waals surface area contributed by atoms with Crippen molar-refractivity contribution < 1.29 is 12.8 Å². The summed E-state index contributed by atoms with van der Waals surface area (Å²) in [5, 5.41) is 2.79. The lowest BCUT2D eigenvalue weighted by atomic mass is 10.3. The van der Waals surface area contributed by atoms with Crippen molar-refractivity contribution in [2.45, 2.75) is 4.90 Å². The fourth-order valence-corrected chi connectivity index (χ4v) is 2.50. The van der Waals surface area contributed by atoms with Crippen molar-refractivity contribution in [3.63, 3.8) is 0 Å². The zero-order valence-corrected chi connectivity index (χ0v) is 12.3. The largest absolute Gasteiger partial charge is 0.318 e. The minimum absolute atomic E-state index is 0. The van der Waals surface area contributed by atoms with Crippen molar-refractivity contribution in [1.82, 2.24) is 10.0 Å². The lowest BCUT2D eigenvalue weighted by Crippen LogP contribution is -2.31. The van der Waals surface area contributed by atoms with Gasteiger partial charge in [0.05, 0.1) is 0 Å². The Morgan fingerprint density at radius 3 is 2.53 bits per heavy atom. The Hall–Kier alpha value is -0.210. The molecule has 0 aliphatic rings. The lowest BCUT2D eigenvalue weighted by Gasteiger charge is -2.07. The molecule has 2 N–H and O–H groups in total. The molecule has 0 heterocycles. The SMILES string of the molecule is CNCCNS(=O)(=O)c1ccc(Br)cc1F.Cl. The van der Waals surface area contributed by atoms with E-state index in [2.05, 4.69) is 26.0 Å². The second kappa shape index (κ2) is 7.27. The highest BCUT2D eigenvalue weighted by Gasteiger charge is 2.18. The van der Waals surface area contributed by atoms with Crippen molar-refractivity contribution in [2.75, 3.05) is 20.1 Å². The molecule has 4 nitrogen and oxygen atoms in total. The summed E-state index contributed by atoms with van der Waals surface area (Å²) in [4.78, 5) is -0.341. The third-order valence-corrected chi connectivity index (χ3v) is 3.84. The van der Waals surface area contributed by atoms with E-state index in [0.717, 1.165) is 6.07 Å². The molecular weight excluding hydrogens is 335 g/mol. The van der Waals surface area contributed by atoms with Gasteiger partial charge in [-0.15, -0.1) is 12.4 Å². The Morgan fingerprint density at radius 2 is 2.00 bits per heavy atom. The molecule has 0 unspecified atom stereocenters. The molecule has 0 saturated heterocycles. The summed E-state index contributed by atoms with van der Waals surface area (Å²) >= 11 is 3.06. The second-order valence-electron chi connectivity index (χ2n) is 3.08. The molecule has 1 aromatic rings. The quantitative estimate of drug-likeness (QED) is 0.794. The van der Waals surface area contributed by atoms with Gasteiger partial charge in [-0.3, -0.25) is 0 Å². The number of benzene rings is 1. The van der Waals surface area contributed by atoms with E-state index in [4.69, 9.17) is 0 Å². The van der Waals surface area contributed by atoms with Crippen molar-refractivity contribution in [1.29, 1.82) is 0 Å². The zero-order chi connectivity index (χ0) is 12.2. The van der Waals surface area contributed by atoms with Gasteiger partial charge < -0.3 is 5.32 Å². The molecule has 0 atom stereocenters. The van der Waals surface area contributed by atoms with E-state index in [1.807, 2.05) is 0 Å². The van der Waals surface area contributed by atoms with E-state index >= 15 is 0 Å². The van der Waals surface area contributed by atoms with Gasteiger partial charge >= 0.3 is 0 Å². The minimum Gasteiger partial charge on any atom is -0.318 e. The molecule has 0 radical (unpaired) electrons. The standard InChI is InChI=1S/C9H12BrFN2O2S.ClH/c1-12-4-5-13-16(14,15)9-3-2-7(10)6-8(9)11;/h2-3,6,12-13H,4-5H2,1H3;1H. The monoisotopic (exact) mass is 346 g/mol. The molecule has 0 saturated carbocycles. The van der Waals surface area contributed by atoms with Crippen molar-refractivity contribution >= 4 is 38.4 Å². The summed E-state index contributed by atoms with van der Waals surface area (Å²) in [7, 11) is -2.06. The normalized spacial score (nSPS) is 11.0. The smallest absolute Gasteiger partial charge is 0.243 e. The summed E-state index contributed by atoms with van der Waals surface area (Å²) in [6, 6.07) is 3.82. The summed E-state index contributed by atoms with van der Waals surface area (Å²) < 4.78 is 39.5. The summed E-state index contributed by atoms with van der Waals surface area (Å²) in [5.41, 5.74) is 0. The highest BCUT2D eigenvalue weighted by molar-refractivity contribution is 9.10. The van der Waals surface area contributed by atoms with Crippen LogP contribution in [-0.2, 0) is 10.0 Å². The predicted octanol–water partition coefficient (Wildman–Crippen LogP) is 1.51. The fourth-order valence-electron chi connectivity index (χ4n) is 1.08. The van der Waals surface area contributed by atoms with E-state index in [0.29, 0.717) is 11.0 Å². The molecule has 0 spiro atoms. The van der Waals surface area contributed by atoms with Gasteiger partial charge in [0, 0.05) is 17.6 Å². The van der Waals surface area contributed by atoms with E-state index in [-0.39, 0.29) is 23.8 Å². The first-order chi connectivity index (χ1) is 7.47. The third-order valence-electron chi connectivity index (χ3n) is 1.85. The number of sulfonamides is 1. The summed E-state index contributed by atoms with van der Waals surface area (Å²) in [5.74, 6) is -0.772. The molecule has 1 aromatic carbocycles. The molecule has 0 aliphatic heterocycles. The average Bonchev–Trinajstić information content (AvgIpc) is 2.17. The zero-order valence-electron chi connectivity index (χ0n) is 9.04. The molecule has 0 fully saturated rings. The fraction of sp³-hybridized carbons (Fsp3) is 0.333. The first-order valence-corrected chi connectivity index (χ1v) is 6.84. The molecule has 0 aromatic heterocycles. The first-order valence-electron chi connectivity index (χ1n) is 4.56. The molecule has 8 heteroatoms. The van der Waals surface area contributed by atoms with Gasteiger partial charge in [0.25, 0.3) is 0 Å². The lowest BCUT2D eigenvalue weighted by molar-refractivity contribution is 0.555. The molecule has 1 rings (SSSR count). The van der Waals surface area contributed by atoms with Crippen LogP contribution in [0.4, 0.5) is 4.39 Å². The highest BCUT2D eigenvalue weighted by Crippen LogP contribution is 2.18. The Balaban J connectivity index is 0.00000256. The minimum atomic E-state index is -3.77. The topological polar surface area (TPSA) is 58.2 Å². The number of nitrogens with one attached hydrogen (secondary N) is 2. The van der Waals surface area contributed by atoms with Crippen LogP contribution in [0.25, 0.3) is 0 Å². The van der Waals surface area contributed by atoms with Crippen molar-refractivity contribution in [2.24, 2.45) is 0 Å². The summed E-state index contributed by atoms with van der Waals surface area (Å²) in [6.45, 7) is 0.700. The van der Waals surface area contributed by atoms with Gasteiger partial charge in [0.15, 0.2) is 0 Å². The number of halogens is 3. The number of likely N-dealkylation sites (N-methyl/N-ethyl adjacent to an activating group) is 1. The van der Waals surface area contributed by atoms with Crippen LogP contribution >= 0.6 is 28.3 Å². The van der Waals surface area contributed by atoms with Gasteiger partial charge in [-0.05, 0) is 25.2 Å². The highest BCUT2D eigenvalue weighted by atomic mass is 79.9. The van der Waals surface area contributed by atoms with Gasteiger partial charge in [-0.1, -0.05) is 15.9 Å². The van der Waals surface area contributed by atoms with Crippen LogP contribution in [-0.4, -0.2) is 28.6 Å². The van der Waals surface area contributed by atoms with Crippen LogP contribution in [0.15, 0.2) is 27.6 Å². The summed E-state index contributed by atoms with van der Waals surface area (Å²) in [6.07, 6.45) is 0. The third kappa shape index (κ3) is 4.89. The maximum Gasteiger partial charge on any atom is 0.243 e. The second-order valence-corrected chi connectivity index (χ2v) is 5.73. The van der Waals surface area contributed by atoms with Crippen LogP contribution in [0.1, 0.15) is 0 Å².